The summed E-state index contributed by atoms with van der Waals surface area (Å²) < 4.78 is 42.5. The number of hydrogen-bond acceptors (Lipinski definition) is 5. The Morgan fingerprint density at radius 2 is 2.00 bits per heavy atom. The van der Waals surface area contributed by atoms with Crippen molar-refractivity contribution in [1.29, 1.82) is 0 Å². The van der Waals surface area contributed by atoms with Gasteiger partial charge in [0.1, 0.15) is 11.6 Å². The molecule has 1 fully saturated rings. The standard InChI is InChI=1S/C13H17FN2O4S/c14-9-5-10(15)7-12(6-9)21(18,19)8-13(17)16-11-1-3-20-4-2-11/h5-7,11H,1-4,8,15H2,(H,16,17). The molecule has 21 heavy (non-hydrogen) atoms. The molecule has 1 aromatic carbocycles. The van der Waals surface area contributed by atoms with Gasteiger partial charge in [-0.15, -0.1) is 0 Å². The molecule has 0 aromatic heterocycles. The maximum Gasteiger partial charge on any atom is 0.235 e. The first-order chi connectivity index (χ1) is 9.87. The zero-order chi connectivity index (χ0) is 15.5. The predicted molar refractivity (Wildman–Crippen MR) is 74.8 cm³/mol. The van der Waals surface area contributed by atoms with Crippen LogP contribution in [0.5, 0.6) is 0 Å². The summed E-state index contributed by atoms with van der Waals surface area (Å²) >= 11 is 0. The number of nitrogens with one attached hydrogen (secondary N) is 1. The van der Waals surface area contributed by atoms with Crippen LogP contribution < -0.4 is 11.1 Å². The Labute approximate surface area is 122 Å². The number of sulfone groups is 1. The monoisotopic (exact) mass is 316 g/mol. The highest BCUT2D eigenvalue weighted by molar-refractivity contribution is 7.92. The van der Waals surface area contributed by atoms with Gasteiger partial charge in [0, 0.05) is 24.9 Å². The number of carbonyl (C=O) groups is 1. The van der Waals surface area contributed by atoms with Gasteiger partial charge in [0.25, 0.3) is 0 Å². The smallest absolute Gasteiger partial charge is 0.235 e. The van der Waals surface area contributed by atoms with Gasteiger partial charge >= 0.3 is 0 Å². The van der Waals surface area contributed by atoms with Crippen LogP contribution >= 0.6 is 0 Å². The fourth-order valence-corrected chi connectivity index (χ4v) is 3.33. The van der Waals surface area contributed by atoms with Crippen LogP contribution in [0.1, 0.15) is 12.8 Å². The highest BCUT2D eigenvalue weighted by Gasteiger charge is 2.23. The molecule has 8 heteroatoms. The number of benzene rings is 1. The Morgan fingerprint density at radius 3 is 2.62 bits per heavy atom. The van der Waals surface area contributed by atoms with E-state index >= 15 is 0 Å². The van der Waals surface area contributed by atoms with Crippen molar-refractivity contribution < 1.29 is 22.3 Å². The molecule has 1 heterocycles. The summed E-state index contributed by atoms with van der Waals surface area (Å²) in [6, 6.07) is 2.92. The third-order valence-electron chi connectivity index (χ3n) is 3.16. The Hall–Kier alpha value is -1.67. The van der Waals surface area contributed by atoms with Crippen LogP contribution in [-0.2, 0) is 19.4 Å². The maximum atomic E-state index is 13.2. The Bertz CT molecular complexity index is 607. The van der Waals surface area contributed by atoms with Gasteiger partial charge in [-0.2, -0.15) is 0 Å². The molecule has 1 aromatic rings. The molecule has 0 atom stereocenters. The Balaban J connectivity index is 2.04. The molecule has 3 N–H and O–H groups in total. The van der Waals surface area contributed by atoms with Crippen molar-refractivity contribution >= 4 is 21.4 Å². The number of hydrogen-bond donors (Lipinski definition) is 2. The fraction of sp³-hybridized carbons (Fsp3) is 0.462. The summed E-state index contributed by atoms with van der Waals surface area (Å²) in [7, 11) is -3.92. The lowest BCUT2D eigenvalue weighted by atomic mass is 10.1. The molecule has 0 unspecified atom stereocenters. The molecular formula is C13H17FN2O4S. The molecule has 1 saturated heterocycles. The first-order valence-electron chi connectivity index (χ1n) is 6.53. The summed E-state index contributed by atoms with van der Waals surface area (Å²) in [4.78, 5) is 11.5. The molecule has 0 saturated carbocycles. The second kappa shape index (κ2) is 6.40. The molecule has 1 amide bonds. The number of carbonyl (C=O) groups excluding carboxylic acids is 1. The SMILES string of the molecule is Nc1cc(F)cc(S(=O)(=O)CC(=O)NC2CCOCC2)c1. The van der Waals surface area contributed by atoms with E-state index in [1.54, 1.807) is 0 Å². The normalized spacial score (nSPS) is 16.6. The lowest BCUT2D eigenvalue weighted by Gasteiger charge is -2.23. The molecule has 1 aliphatic heterocycles. The van der Waals surface area contributed by atoms with E-state index in [2.05, 4.69) is 5.32 Å². The van der Waals surface area contributed by atoms with Crippen molar-refractivity contribution in [2.24, 2.45) is 0 Å². The van der Waals surface area contributed by atoms with Gasteiger partial charge in [-0.3, -0.25) is 4.79 Å². The summed E-state index contributed by atoms with van der Waals surface area (Å²) in [5, 5.41) is 2.65. The van der Waals surface area contributed by atoms with E-state index < -0.39 is 27.3 Å². The number of rotatable bonds is 4. The predicted octanol–water partition coefficient (Wildman–Crippen LogP) is 0.477. The van der Waals surface area contributed by atoms with Crippen molar-refractivity contribution in [1.82, 2.24) is 5.32 Å². The van der Waals surface area contributed by atoms with Gasteiger partial charge in [0.2, 0.25) is 5.91 Å². The number of nitrogen functional groups attached to an aromatic ring is 1. The first-order valence-corrected chi connectivity index (χ1v) is 8.18. The highest BCUT2D eigenvalue weighted by atomic mass is 32.2. The lowest BCUT2D eigenvalue weighted by molar-refractivity contribution is -0.119. The minimum atomic E-state index is -3.92. The van der Waals surface area contributed by atoms with Gasteiger partial charge in [-0.1, -0.05) is 0 Å². The van der Waals surface area contributed by atoms with Crippen molar-refractivity contribution in [3.8, 4) is 0 Å². The third-order valence-corrected chi connectivity index (χ3v) is 4.76. The number of nitrogens with two attached hydrogens (primary N) is 1. The average molecular weight is 316 g/mol. The first kappa shape index (κ1) is 15.7. The van der Waals surface area contributed by atoms with E-state index in [1.165, 1.54) is 0 Å². The molecule has 0 spiro atoms. The molecule has 0 radical (unpaired) electrons. The maximum absolute atomic E-state index is 13.2. The van der Waals surface area contributed by atoms with Gasteiger partial charge in [-0.25, -0.2) is 12.8 Å². The van der Waals surface area contributed by atoms with Gasteiger partial charge in [-0.05, 0) is 31.0 Å². The Kier molecular flexibility index (Phi) is 4.79. The molecular weight excluding hydrogens is 299 g/mol. The third kappa shape index (κ3) is 4.40. The minimum absolute atomic E-state index is 0.00147. The highest BCUT2D eigenvalue weighted by Crippen LogP contribution is 2.17. The topological polar surface area (TPSA) is 98.5 Å². The van der Waals surface area contributed by atoms with Crippen molar-refractivity contribution in [3.05, 3.63) is 24.0 Å². The van der Waals surface area contributed by atoms with E-state index in [-0.39, 0.29) is 16.6 Å². The lowest BCUT2D eigenvalue weighted by Crippen LogP contribution is -2.41. The van der Waals surface area contributed by atoms with Gasteiger partial charge in [0.05, 0.1) is 4.90 Å². The van der Waals surface area contributed by atoms with Crippen LogP contribution in [0.3, 0.4) is 0 Å². The molecule has 0 bridgehead atoms. The zero-order valence-corrected chi connectivity index (χ0v) is 12.2. The quantitative estimate of drug-likeness (QED) is 0.787. The minimum Gasteiger partial charge on any atom is -0.399 e. The van der Waals surface area contributed by atoms with Crippen LogP contribution in [0, 0.1) is 5.82 Å². The van der Waals surface area contributed by atoms with Crippen molar-refractivity contribution in [2.45, 2.75) is 23.8 Å². The van der Waals surface area contributed by atoms with Crippen molar-refractivity contribution in [2.75, 3.05) is 24.7 Å². The van der Waals surface area contributed by atoms with Crippen LogP contribution in [0.4, 0.5) is 10.1 Å². The number of ether oxygens (including phenoxy) is 1. The van der Waals surface area contributed by atoms with E-state index in [9.17, 15) is 17.6 Å². The number of anilines is 1. The van der Waals surface area contributed by atoms with Crippen LogP contribution in [0.2, 0.25) is 0 Å². The summed E-state index contributed by atoms with van der Waals surface area (Å²) in [5.41, 5.74) is 5.42. The van der Waals surface area contributed by atoms with E-state index in [4.69, 9.17) is 10.5 Å². The van der Waals surface area contributed by atoms with Crippen LogP contribution in [-0.4, -0.2) is 39.3 Å². The summed E-state index contributed by atoms with van der Waals surface area (Å²) in [6.07, 6.45) is 1.30. The zero-order valence-electron chi connectivity index (χ0n) is 11.3. The van der Waals surface area contributed by atoms with E-state index in [0.29, 0.717) is 26.1 Å². The largest absolute Gasteiger partial charge is 0.399 e. The Morgan fingerprint density at radius 1 is 1.33 bits per heavy atom. The molecule has 2 rings (SSSR count). The average Bonchev–Trinajstić information content (AvgIpc) is 2.37. The number of halogens is 1. The molecule has 0 aliphatic carbocycles. The fourth-order valence-electron chi connectivity index (χ4n) is 2.13. The number of amides is 1. The second-order valence-corrected chi connectivity index (χ2v) is 6.92. The van der Waals surface area contributed by atoms with Crippen molar-refractivity contribution in [3.63, 3.8) is 0 Å². The molecule has 1 aliphatic rings. The summed E-state index contributed by atoms with van der Waals surface area (Å²) in [6.45, 7) is 1.08. The molecule has 6 nitrogen and oxygen atoms in total. The van der Waals surface area contributed by atoms with E-state index in [0.717, 1.165) is 18.2 Å². The van der Waals surface area contributed by atoms with Crippen LogP contribution in [0.15, 0.2) is 23.1 Å². The summed E-state index contributed by atoms with van der Waals surface area (Å²) in [5.74, 6) is -2.09. The van der Waals surface area contributed by atoms with Gasteiger partial charge < -0.3 is 15.8 Å². The van der Waals surface area contributed by atoms with Gasteiger partial charge in [0.15, 0.2) is 9.84 Å². The second-order valence-electron chi connectivity index (χ2n) is 4.93. The van der Waals surface area contributed by atoms with Crippen LogP contribution in [0.25, 0.3) is 0 Å². The molecule has 116 valence electrons. The van der Waals surface area contributed by atoms with E-state index in [1.807, 2.05) is 0 Å².